The van der Waals surface area contributed by atoms with E-state index in [9.17, 15) is 14.4 Å². The lowest BCUT2D eigenvalue weighted by Gasteiger charge is -2.26. The number of esters is 2. The van der Waals surface area contributed by atoms with Gasteiger partial charge >= 0.3 is 11.9 Å². The zero-order chi connectivity index (χ0) is 34.5. The summed E-state index contributed by atoms with van der Waals surface area (Å²) in [5, 5.41) is 0.776. The Balaban J connectivity index is 0.00000541. The number of benzene rings is 3. The maximum absolute atomic E-state index is 14.2. The third-order valence-corrected chi connectivity index (χ3v) is 9.26. The first kappa shape index (κ1) is 38.1. The van der Waals surface area contributed by atoms with Gasteiger partial charge in [-0.3, -0.25) is 19.3 Å². The Hall–Kier alpha value is -3.72. The number of halogens is 1. The predicted octanol–water partition coefficient (Wildman–Crippen LogP) is 9.77. The second kappa shape index (κ2) is 16.3. The molecule has 3 aromatic carbocycles. The Bertz CT molecular complexity index is 1740. The van der Waals surface area contributed by atoms with Crippen molar-refractivity contribution in [1.82, 2.24) is 4.90 Å². The number of fused-ring (bicyclic) bond motifs is 1. The van der Waals surface area contributed by atoms with Crippen LogP contribution >= 0.6 is 23.7 Å². The third kappa shape index (κ3) is 10.9. The Morgan fingerprint density at radius 1 is 0.714 bits per heavy atom. The zero-order valence-corrected chi connectivity index (χ0v) is 31.1. The molecule has 7 nitrogen and oxygen atoms in total. The van der Waals surface area contributed by atoms with E-state index in [1.807, 2.05) is 90.1 Å². The Labute approximate surface area is 300 Å². The smallest absolute Gasteiger partial charge is 0.311 e. The Kier molecular flexibility index (Phi) is 12.7. The van der Waals surface area contributed by atoms with Crippen LogP contribution in [0.15, 0.2) is 66.7 Å². The number of thiophene rings is 1. The summed E-state index contributed by atoms with van der Waals surface area (Å²) in [5.74, 6) is 0.915. The molecule has 49 heavy (non-hydrogen) atoms. The standard InChI is InChI=1S/C40H47NO6S.ClH/c1-39(2,3)25-34(42)46-30-16-12-28(13-17-30)38-36(32-19-18-31(24-33(32)48-38)47-35(43)26-40(4,5)6)37(44)27-10-14-29(15-11-27)45-23-22-41-20-8-7-9-21-41;/h10-19,24H,7-9,20-23,25-26H2,1-6H3;1H. The molecule has 2 heterocycles. The van der Waals surface area contributed by atoms with Gasteiger partial charge in [0.1, 0.15) is 23.9 Å². The van der Waals surface area contributed by atoms with Crippen LogP contribution in [0.4, 0.5) is 0 Å². The summed E-state index contributed by atoms with van der Waals surface area (Å²) in [4.78, 5) is 42.4. The minimum atomic E-state index is -0.301. The van der Waals surface area contributed by atoms with Crippen LogP contribution in [0.1, 0.15) is 89.6 Å². The molecule has 0 saturated carbocycles. The number of piperidine rings is 1. The highest BCUT2D eigenvalue weighted by molar-refractivity contribution is 7.22. The van der Waals surface area contributed by atoms with Gasteiger partial charge in [0.25, 0.3) is 0 Å². The van der Waals surface area contributed by atoms with Gasteiger partial charge in [-0.05, 0) is 109 Å². The largest absolute Gasteiger partial charge is 0.492 e. The van der Waals surface area contributed by atoms with Gasteiger partial charge in [0.2, 0.25) is 0 Å². The summed E-state index contributed by atoms with van der Waals surface area (Å²) in [6.45, 7) is 15.7. The molecular weight excluding hydrogens is 658 g/mol. The first-order valence-corrected chi connectivity index (χ1v) is 17.6. The Morgan fingerprint density at radius 3 is 1.86 bits per heavy atom. The number of ether oxygens (including phenoxy) is 3. The topological polar surface area (TPSA) is 82.1 Å². The minimum absolute atomic E-state index is 0. The number of nitrogens with zero attached hydrogens (tertiary/aromatic N) is 1. The molecule has 0 unspecified atom stereocenters. The number of carbonyl (C=O) groups is 3. The normalized spacial score (nSPS) is 13.8. The molecule has 1 fully saturated rings. The number of hydrogen-bond donors (Lipinski definition) is 0. The van der Waals surface area contributed by atoms with Crippen molar-refractivity contribution in [3.63, 3.8) is 0 Å². The van der Waals surface area contributed by atoms with Gasteiger partial charge in [-0.15, -0.1) is 23.7 Å². The van der Waals surface area contributed by atoms with Crippen LogP contribution in [-0.2, 0) is 9.59 Å². The second-order valence-corrected chi connectivity index (χ2v) is 16.1. The molecule has 0 bridgehead atoms. The summed E-state index contributed by atoms with van der Waals surface area (Å²) in [7, 11) is 0. The van der Waals surface area contributed by atoms with Crippen LogP contribution in [0.25, 0.3) is 20.5 Å². The van der Waals surface area contributed by atoms with Crippen molar-refractivity contribution in [3.05, 3.63) is 77.9 Å². The summed E-state index contributed by atoms with van der Waals surface area (Å²) < 4.78 is 18.1. The van der Waals surface area contributed by atoms with Crippen molar-refractivity contribution in [1.29, 1.82) is 0 Å². The fourth-order valence-corrected chi connectivity index (χ4v) is 7.00. The number of ketones is 1. The molecule has 1 aliphatic heterocycles. The molecule has 1 aromatic heterocycles. The number of likely N-dealkylation sites (tertiary alicyclic amines) is 1. The molecule has 5 rings (SSSR count). The molecular formula is C40H48ClNO6S. The van der Waals surface area contributed by atoms with Crippen molar-refractivity contribution in [2.75, 3.05) is 26.2 Å². The highest BCUT2D eigenvalue weighted by Gasteiger charge is 2.24. The Morgan fingerprint density at radius 2 is 1.27 bits per heavy atom. The molecule has 0 aliphatic carbocycles. The first-order chi connectivity index (χ1) is 22.7. The SMILES string of the molecule is CC(C)(C)CC(=O)Oc1ccc(-c2sc3cc(OC(=O)CC(C)(C)C)ccc3c2C(=O)c2ccc(OCCN3CCCCC3)cc2)cc1.Cl. The lowest BCUT2D eigenvalue weighted by atomic mass is 9.92. The summed E-state index contributed by atoms with van der Waals surface area (Å²) in [5.41, 5.74) is 1.56. The number of hydrogen-bond acceptors (Lipinski definition) is 8. The molecule has 1 aliphatic rings. The minimum Gasteiger partial charge on any atom is -0.492 e. The molecule has 0 spiro atoms. The van der Waals surface area contributed by atoms with E-state index >= 15 is 0 Å². The van der Waals surface area contributed by atoms with Gasteiger partial charge in [0, 0.05) is 32.6 Å². The van der Waals surface area contributed by atoms with Crippen LogP contribution in [0.5, 0.6) is 17.2 Å². The average Bonchev–Trinajstić information content (AvgIpc) is 3.39. The summed E-state index contributed by atoms with van der Waals surface area (Å²) in [6.07, 6.45) is 4.38. The van der Waals surface area contributed by atoms with Crippen LogP contribution in [0.2, 0.25) is 0 Å². The predicted molar refractivity (Wildman–Crippen MR) is 200 cm³/mol. The van der Waals surface area contributed by atoms with Crippen LogP contribution < -0.4 is 14.2 Å². The quantitative estimate of drug-likeness (QED) is 0.0873. The van der Waals surface area contributed by atoms with Crippen LogP contribution in [0.3, 0.4) is 0 Å². The van der Waals surface area contributed by atoms with Crippen molar-refractivity contribution in [2.45, 2.75) is 73.6 Å². The van der Waals surface area contributed by atoms with E-state index in [2.05, 4.69) is 4.90 Å². The molecule has 0 radical (unpaired) electrons. The van der Waals surface area contributed by atoms with E-state index in [4.69, 9.17) is 14.2 Å². The highest BCUT2D eigenvalue weighted by Crippen LogP contribution is 2.42. The maximum Gasteiger partial charge on any atom is 0.311 e. The molecule has 9 heteroatoms. The maximum atomic E-state index is 14.2. The van der Waals surface area contributed by atoms with Crippen molar-refractivity contribution in [2.24, 2.45) is 10.8 Å². The van der Waals surface area contributed by atoms with E-state index in [-0.39, 0.29) is 47.4 Å². The lowest BCUT2D eigenvalue weighted by molar-refractivity contribution is -0.137. The van der Waals surface area contributed by atoms with Gasteiger partial charge in [-0.2, -0.15) is 0 Å². The molecule has 262 valence electrons. The molecule has 0 N–H and O–H groups in total. The fourth-order valence-electron chi connectivity index (χ4n) is 5.77. The monoisotopic (exact) mass is 705 g/mol. The van der Waals surface area contributed by atoms with E-state index < -0.39 is 0 Å². The van der Waals surface area contributed by atoms with Crippen molar-refractivity contribution in [3.8, 4) is 27.7 Å². The van der Waals surface area contributed by atoms with Crippen LogP contribution in [-0.4, -0.2) is 48.9 Å². The average molecular weight is 706 g/mol. The fraction of sp³-hybridized carbons (Fsp3) is 0.425. The molecule has 1 saturated heterocycles. The zero-order valence-electron chi connectivity index (χ0n) is 29.4. The molecule has 0 amide bonds. The number of carbonyl (C=O) groups excluding carboxylic acids is 3. The van der Waals surface area contributed by atoms with Gasteiger partial charge in [0.15, 0.2) is 5.78 Å². The van der Waals surface area contributed by atoms with Gasteiger partial charge < -0.3 is 14.2 Å². The van der Waals surface area contributed by atoms with Crippen LogP contribution in [0, 0.1) is 10.8 Å². The summed E-state index contributed by atoms with van der Waals surface area (Å²) >= 11 is 1.46. The van der Waals surface area contributed by atoms with Crippen molar-refractivity contribution >= 4 is 51.6 Å². The first-order valence-electron chi connectivity index (χ1n) is 16.8. The van der Waals surface area contributed by atoms with E-state index in [1.165, 1.54) is 30.6 Å². The van der Waals surface area contributed by atoms with Gasteiger partial charge in [-0.25, -0.2) is 0 Å². The van der Waals surface area contributed by atoms with E-state index in [0.717, 1.165) is 45.9 Å². The molecule has 4 aromatic rings. The van der Waals surface area contributed by atoms with Gasteiger partial charge in [-0.1, -0.05) is 48.0 Å². The molecule has 0 atom stereocenters. The van der Waals surface area contributed by atoms with E-state index in [0.29, 0.717) is 35.7 Å². The highest BCUT2D eigenvalue weighted by atomic mass is 35.5. The second-order valence-electron chi connectivity index (χ2n) is 15.0. The van der Waals surface area contributed by atoms with E-state index in [1.54, 1.807) is 18.2 Å². The summed E-state index contributed by atoms with van der Waals surface area (Å²) in [6, 6.07) is 20.0. The van der Waals surface area contributed by atoms with Crippen molar-refractivity contribution < 1.29 is 28.6 Å². The third-order valence-electron chi connectivity index (χ3n) is 8.06. The lowest BCUT2D eigenvalue weighted by Crippen LogP contribution is -2.33. The number of rotatable bonds is 11. The van der Waals surface area contributed by atoms with Gasteiger partial charge in [0.05, 0.1) is 12.8 Å².